The molecule has 1 aromatic heterocycles. The van der Waals surface area contributed by atoms with Crippen LogP contribution in [0.1, 0.15) is 25.2 Å². The van der Waals surface area contributed by atoms with Crippen LogP contribution in [0.3, 0.4) is 0 Å². The third-order valence-electron chi connectivity index (χ3n) is 3.40. The zero-order valence-corrected chi connectivity index (χ0v) is 12.3. The minimum absolute atomic E-state index is 0.212. The SMILES string of the molecule is Cc1nc2c(nc1N(C)C(C)C)OCCN(C(=O)O)C2. The van der Waals surface area contributed by atoms with Crippen molar-refractivity contribution < 1.29 is 14.6 Å². The maximum atomic E-state index is 11.1. The number of anilines is 1. The van der Waals surface area contributed by atoms with Crippen molar-refractivity contribution in [2.45, 2.75) is 33.4 Å². The van der Waals surface area contributed by atoms with Gasteiger partial charge < -0.3 is 14.7 Å². The van der Waals surface area contributed by atoms with Gasteiger partial charge in [0, 0.05) is 13.1 Å². The highest BCUT2D eigenvalue weighted by atomic mass is 16.5. The molecular weight excluding hydrogens is 260 g/mol. The standard InChI is InChI=1S/C13H20N4O3/c1-8(2)16(4)11-9(3)14-10-7-17(13(18)19)5-6-20-12(10)15-11/h8H,5-7H2,1-4H3,(H,18,19). The lowest BCUT2D eigenvalue weighted by Gasteiger charge is -2.24. The molecule has 0 aliphatic carbocycles. The minimum Gasteiger partial charge on any atom is -0.474 e. The molecule has 2 heterocycles. The van der Waals surface area contributed by atoms with Gasteiger partial charge in [0.15, 0.2) is 5.82 Å². The molecule has 7 nitrogen and oxygen atoms in total. The van der Waals surface area contributed by atoms with E-state index in [0.29, 0.717) is 30.8 Å². The van der Waals surface area contributed by atoms with E-state index in [-0.39, 0.29) is 6.54 Å². The fraction of sp³-hybridized carbons (Fsp3) is 0.615. The first-order valence-electron chi connectivity index (χ1n) is 6.61. The molecule has 1 aromatic rings. The van der Waals surface area contributed by atoms with Crippen LogP contribution in [0.15, 0.2) is 0 Å². The van der Waals surface area contributed by atoms with Gasteiger partial charge in [-0.15, -0.1) is 0 Å². The number of fused-ring (bicyclic) bond motifs is 1. The summed E-state index contributed by atoms with van der Waals surface area (Å²) in [5.74, 6) is 1.20. The van der Waals surface area contributed by atoms with Gasteiger partial charge in [-0.05, 0) is 20.8 Å². The molecule has 0 spiro atoms. The summed E-state index contributed by atoms with van der Waals surface area (Å²) >= 11 is 0. The molecule has 110 valence electrons. The first-order chi connectivity index (χ1) is 9.40. The van der Waals surface area contributed by atoms with Crippen molar-refractivity contribution in [2.75, 3.05) is 25.1 Å². The Morgan fingerprint density at radius 3 is 2.75 bits per heavy atom. The van der Waals surface area contributed by atoms with E-state index in [2.05, 4.69) is 23.8 Å². The highest BCUT2D eigenvalue weighted by Crippen LogP contribution is 2.25. The predicted octanol–water partition coefficient (Wildman–Crippen LogP) is 1.50. The molecule has 0 fully saturated rings. The molecule has 1 aliphatic rings. The van der Waals surface area contributed by atoms with E-state index in [1.807, 2.05) is 18.9 Å². The van der Waals surface area contributed by atoms with Crippen LogP contribution in [0, 0.1) is 6.92 Å². The minimum atomic E-state index is -0.968. The second kappa shape index (κ2) is 5.52. The van der Waals surface area contributed by atoms with Crippen molar-refractivity contribution >= 4 is 11.9 Å². The van der Waals surface area contributed by atoms with E-state index < -0.39 is 6.09 Å². The molecule has 0 radical (unpaired) electrons. The molecule has 7 heteroatoms. The topological polar surface area (TPSA) is 78.8 Å². The number of hydrogen-bond donors (Lipinski definition) is 1. The highest BCUT2D eigenvalue weighted by Gasteiger charge is 2.23. The molecule has 1 aliphatic heterocycles. The summed E-state index contributed by atoms with van der Waals surface area (Å²) in [7, 11) is 1.95. The summed E-state index contributed by atoms with van der Waals surface area (Å²) in [6.45, 7) is 6.84. The summed E-state index contributed by atoms with van der Waals surface area (Å²) in [6, 6.07) is 0.294. The van der Waals surface area contributed by atoms with Crippen molar-refractivity contribution in [2.24, 2.45) is 0 Å². The Morgan fingerprint density at radius 2 is 2.15 bits per heavy atom. The van der Waals surface area contributed by atoms with Gasteiger partial charge in [-0.2, -0.15) is 4.98 Å². The second-order valence-electron chi connectivity index (χ2n) is 5.14. The molecule has 0 aromatic carbocycles. The van der Waals surface area contributed by atoms with Crippen molar-refractivity contribution in [3.05, 3.63) is 11.4 Å². The molecule has 2 rings (SSSR count). The number of aromatic nitrogens is 2. The van der Waals surface area contributed by atoms with Crippen molar-refractivity contribution in [3.8, 4) is 5.88 Å². The lowest BCUT2D eigenvalue weighted by Crippen LogP contribution is -2.31. The smallest absolute Gasteiger partial charge is 0.407 e. The molecule has 0 saturated carbocycles. The van der Waals surface area contributed by atoms with Gasteiger partial charge in [0.05, 0.1) is 18.8 Å². The van der Waals surface area contributed by atoms with E-state index in [1.165, 1.54) is 4.90 Å². The molecule has 0 atom stereocenters. The first-order valence-corrected chi connectivity index (χ1v) is 6.61. The van der Waals surface area contributed by atoms with Crippen LogP contribution in [0.4, 0.5) is 10.6 Å². The van der Waals surface area contributed by atoms with Crippen molar-refractivity contribution in [1.29, 1.82) is 0 Å². The number of nitrogens with zero attached hydrogens (tertiary/aromatic N) is 4. The van der Waals surface area contributed by atoms with E-state index >= 15 is 0 Å². The van der Waals surface area contributed by atoms with Gasteiger partial charge in [0.2, 0.25) is 5.88 Å². The van der Waals surface area contributed by atoms with Crippen molar-refractivity contribution in [1.82, 2.24) is 14.9 Å². The Balaban J connectivity index is 2.37. The third-order valence-corrected chi connectivity index (χ3v) is 3.40. The van der Waals surface area contributed by atoms with Crippen molar-refractivity contribution in [3.63, 3.8) is 0 Å². The summed E-state index contributed by atoms with van der Waals surface area (Å²) in [4.78, 5) is 23.4. The van der Waals surface area contributed by atoms with Gasteiger partial charge in [-0.25, -0.2) is 9.78 Å². The second-order valence-corrected chi connectivity index (χ2v) is 5.14. The van der Waals surface area contributed by atoms with Crippen LogP contribution < -0.4 is 9.64 Å². The fourth-order valence-corrected chi connectivity index (χ4v) is 2.01. The summed E-state index contributed by atoms with van der Waals surface area (Å²) in [5, 5.41) is 9.09. The molecule has 0 unspecified atom stereocenters. The van der Waals surface area contributed by atoms with Crippen LogP contribution in [0.2, 0.25) is 0 Å². The average molecular weight is 280 g/mol. The van der Waals surface area contributed by atoms with Gasteiger partial charge in [0.25, 0.3) is 0 Å². The Labute approximate surface area is 118 Å². The zero-order valence-electron chi connectivity index (χ0n) is 12.3. The Bertz CT molecular complexity index is 519. The number of aryl methyl sites for hydroxylation is 1. The average Bonchev–Trinajstić information content (AvgIpc) is 2.58. The predicted molar refractivity (Wildman–Crippen MR) is 74.2 cm³/mol. The number of hydrogen-bond acceptors (Lipinski definition) is 5. The molecule has 0 bridgehead atoms. The van der Waals surface area contributed by atoms with Crippen LogP contribution in [-0.4, -0.2) is 52.3 Å². The highest BCUT2D eigenvalue weighted by molar-refractivity contribution is 5.65. The summed E-state index contributed by atoms with van der Waals surface area (Å²) in [5.41, 5.74) is 1.35. The Morgan fingerprint density at radius 1 is 1.45 bits per heavy atom. The Kier molecular flexibility index (Phi) is 3.96. The van der Waals surface area contributed by atoms with E-state index in [0.717, 1.165) is 11.5 Å². The molecule has 1 amide bonds. The van der Waals surface area contributed by atoms with E-state index in [1.54, 1.807) is 0 Å². The number of carboxylic acid groups (broad SMARTS) is 1. The maximum absolute atomic E-state index is 11.1. The largest absolute Gasteiger partial charge is 0.474 e. The van der Waals surface area contributed by atoms with Crippen LogP contribution in [0.5, 0.6) is 5.88 Å². The van der Waals surface area contributed by atoms with Gasteiger partial charge >= 0.3 is 6.09 Å². The normalized spacial score (nSPS) is 14.6. The van der Waals surface area contributed by atoms with Gasteiger partial charge in [-0.3, -0.25) is 4.90 Å². The zero-order chi connectivity index (χ0) is 14.9. The first kappa shape index (κ1) is 14.4. The van der Waals surface area contributed by atoms with Crippen LogP contribution in [-0.2, 0) is 6.54 Å². The number of ether oxygens (including phenoxy) is 1. The molecular formula is C13H20N4O3. The van der Waals surface area contributed by atoms with Crippen LogP contribution >= 0.6 is 0 Å². The lowest BCUT2D eigenvalue weighted by atomic mass is 10.3. The summed E-state index contributed by atoms with van der Waals surface area (Å²) in [6.07, 6.45) is -0.968. The molecule has 1 N–H and O–H groups in total. The lowest BCUT2D eigenvalue weighted by molar-refractivity contribution is 0.137. The quantitative estimate of drug-likeness (QED) is 0.884. The Hall–Kier alpha value is -2.05. The number of rotatable bonds is 2. The van der Waals surface area contributed by atoms with E-state index in [9.17, 15) is 4.79 Å². The van der Waals surface area contributed by atoms with Crippen LogP contribution in [0.25, 0.3) is 0 Å². The third kappa shape index (κ3) is 2.76. The van der Waals surface area contributed by atoms with Gasteiger partial charge in [0.1, 0.15) is 12.3 Å². The fourth-order valence-electron chi connectivity index (χ4n) is 2.01. The summed E-state index contributed by atoms with van der Waals surface area (Å²) < 4.78 is 5.55. The van der Waals surface area contributed by atoms with E-state index in [4.69, 9.17) is 9.84 Å². The molecule has 0 saturated heterocycles. The van der Waals surface area contributed by atoms with Gasteiger partial charge in [-0.1, -0.05) is 0 Å². The maximum Gasteiger partial charge on any atom is 0.407 e. The number of amides is 1. The number of carbonyl (C=O) groups is 1. The molecule has 20 heavy (non-hydrogen) atoms. The monoisotopic (exact) mass is 280 g/mol.